The van der Waals surface area contributed by atoms with Crippen LogP contribution in [0.4, 0.5) is 0 Å². The first-order valence-electron chi connectivity index (χ1n) is 5.70. The van der Waals surface area contributed by atoms with Gasteiger partial charge < -0.3 is 5.11 Å². The molecule has 1 aliphatic heterocycles. The van der Waals surface area contributed by atoms with E-state index in [2.05, 4.69) is 11.5 Å². The van der Waals surface area contributed by atoms with Crippen molar-refractivity contribution in [1.82, 2.24) is 4.58 Å². The largest absolute Gasteiger partial charge is 0.481 e. The molecule has 0 spiro atoms. The molecule has 0 bridgehead atoms. The highest BCUT2D eigenvalue weighted by atomic mass is 32.2. The molecule has 1 aromatic heterocycles. The molecule has 0 aromatic carbocycles. The van der Waals surface area contributed by atoms with Crippen LogP contribution in [0.25, 0.3) is 0 Å². The second-order valence-corrected chi connectivity index (χ2v) is 7.75. The summed E-state index contributed by atoms with van der Waals surface area (Å²) in [6.45, 7) is 4.39. The number of aliphatic carboxylic acids is 1. The average Bonchev–Trinajstić information content (AvgIpc) is 2.69. The molecule has 0 atom stereocenters. The Kier molecular flexibility index (Phi) is 4.64. The summed E-state index contributed by atoms with van der Waals surface area (Å²) < 4.78 is 4.95. The van der Waals surface area contributed by atoms with Crippen molar-refractivity contribution in [3.63, 3.8) is 0 Å². The first-order chi connectivity index (χ1) is 8.16. The summed E-state index contributed by atoms with van der Waals surface area (Å²) in [6, 6.07) is 0. The van der Waals surface area contributed by atoms with Gasteiger partial charge in [0.15, 0.2) is 0 Å². The quantitative estimate of drug-likeness (QED) is 0.685. The minimum absolute atomic E-state index is 0.160. The van der Waals surface area contributed by atoms with Gasteiger partial charge in [0.05, 0.1) is 9.96 Å². The number of aryl methyl sites for hydroxylation is 1. The number of rotatable bonds is 3. The van der Waals surface area contributed by atoms with Gasteiger partial charge in [-0.2, -0.15) is 0 Å². The third-order valence-corrected chi connectivity index (χ3v) is 6.84. The average molecular weight is 290 g/mol. The van der Waals surface area contributed by atoms with E-state index in [9.17, 15) is 4.79 Å². The molecule has 1 aromatic rings. The molecular formula is C11H16NO2S3+. The van der Waals surface area contributed by atoms with Gasteiger partial charge in [0.2, 0.25) is 0 Å². The topological polar surface area (TPSA) is 40.3 Å². The van der Waals surface area contributed by atoms with Crippen LogP contribution in [-0.4, -0.2) is 29.9 Å². The highest BCUT2D eigenvalue weighted by Crippen LogP contribution is 2.27. The van der Waals surface area contributed by atoms with Gasteiger partial charge in [0.25, 0.3) is 0 Å². The van der Waals surface area contributed by atoms with E-state index in [4.69, 9.17) is 5.11 Å². The van der Waals surface area contributed by atoms with Crippen LogP contribution in [0.2, 0.25) is 0 Å². The van der Waals surface area contributed by atoms with E-state index in [-0.39, 0.29) is 5.75 Å². The highest BCUT2D eigenvalue weighted by Gasteiger charge is 2.16. The molecule has 1 aliphatic rings. The summed E-state index contributed by atoms with van der Waals surface area (Å²) >= 11 is 5.00. The second kappa shape index (κ2) is 6.02. The Morgan fingerprint density at radius 1 is 1.35 bits per heavy atom. The van der Waals surface area contributed by atoms with E-state index in [0.29, 0.717) is 0 Å². The summed E-state index contributed by atoms with van der Waals surface area (Å²) in [6.07, 6.45) is 3.90. The maximum absolute atomic E-state index is 10.6. The Hall–Kier alpha value is -0.330. The molecule has 94 valence electrons. The summed E-state index contributed by atoms with van der Waals surface area (Å²) in [7, 11) is 0. The van der Waals surface area contributed by atoms with E-state index >= 15 is 0 Å². The van der Waals surface area contributed by atoms with Crippen LogP contribution in [-0.2, 0) is 4.79 Å². The van der Waals surface area contributed by atoms with Gasteiger partial charge in [-0.05, 0) is 24.7 Å². The van der Waals surface area contributed by atoms with E-state index in [0.717, 1.165) is 17.3 Å². The molecule has 17 heavy (non-hydrogen) atoms. The van der Waals surface area contributed by atoms with Crippen LogP contribution < -0.4 is 8.56 Å². The lowest BCUT2D eigenvalue weighted by molar-refractivity contribution is -0.133. The van der Waals surface area contributed by atoms with Crippen molar-refractivity contribution in [2.75, 3.05) is 18.8 Å². The normalized spacial score (nSPS) is 16.2. The lowest BCUT2D eigenvalue weighted by Crippen LogP contribution is -2.31. The molecule has 1 fully saturated rings. The molecule has 0 amide bonds. The first-order valence-corrected chi connectivity index (χ1v) is 8.32. The fraction of sp³-hybridized carbons (Fsp3) is 0.636. The van der Waals surface area contributed by atoms with Gasteiger partial charge in [0.1, 0.15) is 13.1 Å². The molecule has 0 saturated carbocycles. The van der Waals surface area contributed by atoms with E-state index < -0.39 is 5.97 Å². The van der Waals surface area contributed by atoms with Crippen LogP contribution in [0, 0.1) is 6.92 Å². The summed E-state index contributed by atoms with van der Waals surface area (Å²) in [5, 5.41) is 8.70. The van der Waals surface area contributed by atoms with Crippen LogP contribution in [0.15, 0.2) is 4.21 Å². The van der Waals surface area contributed by atoms with Crippen molar-refractivity contribution in [2.24, 2.45) is 0 Å². The Bertz CT molecular complexity index is 467. The first kappa shape index (κ1) is 13.1. The van der Waals surface area contributed by atoms with Gasteiger partial charge in [-0.15, -0.1) is 11.8 Å². The highest BCUT2D eigenvalue weighted by molar-refractivity contribution is 8.02. The number of carboxylic acid groups (broad SMARTS) is 1. The smallest absolute Gasteiger partial charge is 0.315 e. The van der Waals surface area contributed by atoms with Crippen molar-refractivity contribution in [2.45, 2.75) is 30.4 Å². The fourth-order valence-corrected chi connectivity index (χ4v) is 5.69. The Morgan fingerprint density at radius 2 is 2.06 bits per heavy atom. The van der Waals surface area contributed by atoms with Gasteiger partial charge in [0, 0.05) is 17.7 Å². The fourth-order valence-electron chi connectivity index (χ4n) is 1.81. The monoisotopic (exact) mass is 290 g/mol. The number of piperidine rings is 1. The van der Waals surface area contributed by atoms with Crippen LogP contribution >= 0.6 is 34.4 Å². The van der Waals surface area contributed by atoms with Crippen LogP contribution in [0.3, 0.4) is 0 Å². The lowest BCUT2D eigenvalue weighted by Gasteiger charge is -2.07. The van der Waals surface area contributed by atoms with Gasteiger partial charge in [-0.1, -0.05) is 11.3 Å². The Labute approximate surface area is 113 Å². The minimum Gasteiger partial charge on any atom is -0.481 e. The number of carboxylic acids is 1. The van der Waals surface area contributed by atoms with E-state index in [1.54, 1.807) is 22.7 Å². The zero-order valence-corrected chi connectivity index (χ0v) is 12.2. The molecule has 0 aliphatic carbocycles. The van der Waals surface area contributed by atoms with Gasteiger partial charge in [-0.3, -0.25) is 4.79 Å². The summed E-state index contributed by atoms with van der Waals surface area (Å²) in [5.41, 5.74) is 0. The standard InChI is InChI=1S/C11H15NO2S3/c1-8-10(15-7-9(13)14)17-11(16-8)12-5-3-2-4-6-12/h2-7H2,1H3/p+1. The van der Waals surface area contributed by atoms with E-state index in [1.165, 1.54) is 39.9 Å². The number of thioether (sulfide) groups is 1. The number of hydrogen-bond acceptors (Lipinski definition) is 4. The number of hydrogen-bond donors (Lipinski definition) is 1. The van der Waals surface area contributed by atoms with Gasteiger partial charge in [-0.25, -0.2) is 4.58 Å². The Balaban J connectivity index is 2.20. The molecule has 3 nitrogen and oxygen atoms in total. The van der Waals surface area contributed by atoms with Crippen molar-refractivity contribution in [3.05, 3.63) is 8.86 Å². The summed E-state index contributed by atoms with van der Waals surface area (Å²) in [5.74, 6) is -0.583. The predicted octanol–water partition coefficient (Wildman–Crippen LogP) is 2.25. The predicted molar refractivity (Wildman–Crippen MR) is 74.1 cm³/mol. The Morgan fingerprint density at radius 3 is 2.71 bits per heavy atom. The molecule has 2 heterocycles. The number of carbonyl (C=O) groups is 1. The third-order valence-electron chi connectivity index (χ3n) is 2.65. The third kappa shape index (κ3) is 3.56. The van der Waals surface area contributed by atoms with E-state index in [1.807, 2.05) is 0 Å². The summed E-state index contributed by atoms with van der Waals surface area (Å²) in [4.78, 5) is 11.8. The van der Waals surface area contributed by atoms with Crippen LogP contribution in [0.5, 0.6) is 0 Å². The minimum atomic E-state index is -0.743. The molecule has 0 unspecified atom stereocenters. The lowest BCUT2D eigenvalue weighted by atomic mass is 10.2. The SMILES string of the molecule is Cc1sc(=[N+]2CCCCC2)sc1SCC(=O)O. The zero-order valence-electron chi connectivity index (χ0n) is 9.77. The molecule has 6 heteroatoms. The maximum Gasteiger partial charge on any atom is 0.315 e. The molecule has 1 N–H and O–H groups in total. The van der Waals surface area contributed by atoms with Crippen molar-refractivity contribution >= 4 is 40.4 Å². The molecular weight excluding hydrogens is 274 g/mol. The zero-order chi connectivity index (χ0) is 12.3. The van der Waals surface area contributed by atoms with Crippen LogP contribution in [0.1, 0.15) is 24.1 Å². The molecule has 1 saturated heterocycles. The van der Waals surface area contributed by atoms with Crippen molar-refractivity contribution < 1.29 is 9.90 Å². The number of nitrogens with zero attached hydrogens (tertiary/aromatic N) is 1. The molecule has 0 radical (unpaired) electrons. The molecule has 2 rings (SSSR count). The maximum atomic E-state index is 10.6. The second-order valence-electron chi connectivity index (χ2n) is 4.04. The van der Waals surface area contributed by atoms with Crippen molar-refractivity contribution in [1.29, 1.82) is 0 Å². The van der Waals surface area contributed by atoms with Gasteiger partial charge >= 0.3 is 9.95 Å². The van der Waals surface area contributed by atoms with Crippen molar-refractivity contribution in [3.8, 4) is 0 Å².